The van der Waals surface area contributed by atoms with Crippen molar-refractivity contribution >= 4 is 44.0 Å². The Bertz CT molecular complexity index is 1640. The Morgan fingerprint density at radius 2 is 1.81 bits per heavy atom. The summed E-state index contributed by atoms with van der Waals surface area (Å²) in [6.07, 6.45) is 2.78. The van der Waals surface area contributed by atoms with Gasteiger partial charge in [-0.1, -0.05) is 12.1 Å². The smallest absolute Gasteiger partial charge is 0.274 e. The van der Waals surface area contributed by atoms with Gasteiger partial charge in [-0.05, 0) is 42.5 Å². The van der Waals surface area contributed by atoms with Crippen LogP contribution in [0.15, 0.2) is 78.0 Å². The molecule has 182 valence electrons. The average Bonchev–Trinajstić information content (AvgIpc) is 3.15. The molecule has 3 aromatic carbocycles. The summed E-state index contributed by atoms with van der Waals surface area (Å²) in [6, 6.07) is 15.4. The Morgan fingerprint density at radius 3 is 2.50 bits per heavy atom. The zero-order valence-electron chi connectivity index (χ0n) is 19.6. The highest BCUT2D eigenvalue weighted by molar-refractivity contribution is 7.93. The summed E-state index contributed by atoms with van der Waals surface area (Å²) in [5.74, 6) is -0.502. The summed E-state index contributed by atoms with van der Waals surface area (Å²) in [6.45, 7) is 0. The number of anilines is 2. The third kappa shape index (κ3) is 3.45. The van der Waals surface area contributed by atoms with E-state index in [2.05, 4.69) is 4.98 Å². The van der Waals surface area contributed by atoms with Crippen LogP contribution >= 0.6 is 0 Å². The topological polar surface area (TPSA) is 106 Å². The first-order valence-corrected chi connectivity index (χ1v) is 12.3. The van der Waals surface area contributed by atoms with E-state index in [1.54, 1.807) is 37.4 Å². The van der Waals surface area contributed by atoms with Crippen LogP contribution in [0, 0.1) is 0 Å². The molecule has 0 bridgehead atoms. The lowest BCUT2D eigenvalue weighted by Crippen LogP contribution is -2.37. The van der Waals surface area contributed by atoms with Gasteiger partial charge in [-0.3, -0.25) is 14.6 Å². The van der Waals surface area contributed by atoms with E-state index >= 15 is 0 Å². The number of hydrogen-bond acceptors (Lipinski definition) is 7. The number of rotatable bonds is 6. The van der Waals surface area contributed by atoms with Crippen molar-refractivity contribution in [2.45, 2.75) is 4.90 Å². The number of sulfonamides is 1. The van der Waals surface area contributed by atoms with Gasteiger partial charge in [-0.2, -0.15) is 4.31 Å². The molecule has 0 spiro atoms. The second kappa shape index (κ2) is 8.65. The first-order valence-electron chi connectivity index (χ1n) is 10.8. The van der Waals surface area contributed by atoms with Crippen LogP contribution in [0.2, 0.25) is 0 Å². The van der Waals surface area contributed by atoms with E-state index in [4.69, 9.17) is 9.47 Å². The highest BCUT2D eigenvalue weighted by Crippen LogP contribution is 2.42. The van der Waals surface area contributed by atoms with E-state index in [1.807, 2.05) is 0 Å². The van der Waals surface area contributed by atoms with E-state index < -0.39 is 15.9 Å². The lowest BCUT2D eigenvalue weighted by atomic mass is 10.1. The summed E-state index contributed by atoms with van der Waals surface area (Å²) < 4.78 is 40.0. The Morgan fingerprint density at radius 1 is 1.00 bits per heavy atom. The first-order chi connectivity index (χ1) is 17.3. The second-order valence-electron chi connectivity index (χ2n) is 8.03. The van der Waals surface area contributed by atoms with Crippen molar-refractivity contribution in [1.82, 2.24) is 4.98 Å². The number of carbonyl (C=O) groups excluding carboxylic acids is 2. The van der Waals surface area contributed by atoms with Crippen LogP contribution in [0.25, 0.3) is 10.8 Å². The maximum atomic E-state index is 14.3. The van der Waals surface area contributed by atoms with Crippen molar-refractivity contribution in [1.29, 1.82) is 0 Å². The maximum Gasteiger partial charge on any atom is 0.274 e. The minimum absolute atomic E-state index is 0.00333. The van der Waals surface area contributed by atoms with Gasteiger partial charge in [0.1, 0.15) is 17.2 Å². The van der Waals surface area contributed by atoms with Gasteiger partial charge in [0.15, 0.2) is 0 Å². The van der Waals surface area contributed by atoms with Crippen molar-refractivity contribution in [3.8, 4) is 11.5 Å². The van der Waals surface area contributed by atoms with Crippen molar-refractivity contribution in [3.05, 3.63) is 84.2 Å². The van der Waals surface area contributed by atoms with Gasteiger partial charge in [-0.15, -0.1) is 0 Å². The van der Waals surface area contributed by atoms with Crippen LogP contribution in [0.5, 0.6) is 11.5 Å². The lowest BCUT2D eigenvalue weighted by Gasteiger charge is -2.25. The van der Waals surface area contributed by atoms with E-state index in [-0.39, 0.29) is 27.8 Å². The fourth-order valence-electron chi connectivity index (χ4n) is 4.34. The standard InChI is InChI=1S/C26H21N3O6S/c1-28-21-11-12-23(18-7-4-8-19(24(18)21)26(28)31)36(32,33)29(25(30)16-6-5-13-27-15-16)20-10-9-17(34-2)14-22(20)35-3/h4-15H,1-3H3. The largest absolute Gasteiger partial charge is 0.497 e. The number of nitrogens with zero attached hydrogens (tertiary/aromatic N) is 3. The molecule has 0 unspecified atom stereocenters. The molecule has 2 amide bonds. The van der Waals surface area contributed by atoms with Gasteiger partial charge in [-0.25, -0.2) is 8.42 Å². The zero-order chi connectivity index (χ0) is 25.6. The summed E-state index contributed by atoms with van der Waals surface area (Å²) in [4.78, 5) is 31.8. The van der Waals surface area contributed by atoms with Crippen LogP contribution in [0.4, 0.5) is 11.4 Å². The number of aromatic nitrogens is 1. The monoisotopic (exact) mass is 503 g/mol. The number of hydrogen-bond donors (Lipinski definition) is 0. The third-order valence-corrected chi connectivity index (χ3v) is 7.85. The number of amides is 2. The SMILES string of the molecule is COc1ccc(N(C(=O)c2cccnc2)S(=O)(=O)c2ccc3c4c(cccc24)C(=O)N3C)c(OC)c1. The molecule has 1 aliphatic rings. The van der Waals surface area contributed by atoms with Gasteiger partial charge in [0, 0.05) is 41.8 Å². The summed E-state index contributed by atoms with van der Waals surface area (Å²) in [7, 11) is -0.0448. The molecule has 0 saturated heterocycles. The zero-order valence-corrected chi connectivity index (χ0v) is 20.4. The normalized spacial score (nSPS) is 12.6. The van der Waals surface area contributed by atoms with E-state index in [9.17, 15) is 18.0 Å². The molecule has 0 saturated carbocycles. The molecule has 0 fully saturated rings. The third-order valence-electron chi connectivity index (χ3n) is 6.09. The number of pyridine rings is 1. The molecule has 5 rings (SSSR count). The Labute approximate surface area is 207 Å². The van der Waals surface area contributed by atoms with Crippen molar-refractivity contribution in [3.63, 3.8) is 0 Å². The van der Waals surface area contributed by atoms with E-state index in [0.29, 0.717) is 32.1 Å². The Balaban J connectivity index is 1.78. The van der Waals surface area contributed by atoms with Crippen molar-refractivity contribution in [2.24, 2.45) is 0 Å². The summed E-state index contributed by atoms with van der Waals surface area (Å²) >= 11 is 0. The van der Waals surface area contributed by atoms with Gasteiger partial charge in [0.05, 0.1) is 30.4 Å². The van der Waals surface area contributed by atoms with Gasteiger partial charge in [0.25, 0.3) is 21.8 Å². The molecular weight excluding hydrogens is 482 g/mol. The number of benzene rings is 3. The van der Waals surface area contributed by atoms with Gasteiger partial charge >= 0.3 is 0 Å². The molecule has 1 aromatic heterocycles. The summed E-state index contributed by atoms with van der Waals surface area (Å²) in [5.41, 5.74) is 1.06. The molecule has 36 heavy (non-hydrogen) atoms. The molecular formula is C26H21N3O6S. The molecule has 0 N–H and O–H groups in total. The molecule has 0 aliphatic carbocycles. The quantitative estimate of drug-likeness (QED) is 0.393. The van der Waals surface area contributed by atoms with E-state index in [1.165, 1.54) is 61.8 Å². The minimum atomic E-state index is -4.52. The van der Waals surface area contributed by atoms with Crippen LogP contribution in [-0.2, 0) is 10.0 Å². The predicted molar refractivity (Wildman–Crippen MR) is 134 cm³/mol. The fourth-order valence-corrected chi connectivity index (χ4v) is 5.96. The van der Waals surface area contributed by atoms with Gasteiger partial charge < -0.3 is 14.4 Å². The number of carbonyl (C=O) groups is 2. The highest BCUT2D eigenvalue weighted by atomic mass is 32.2. The molecule has 2 heterocycles. The van der Waals surface area contributed by atoms with Crippen molar-refractivity contribution < 1.29 is 27.5 Å². The average molecular weight is 504 g/mol. The first kappa shape index (κ1) is 23.3. The van der Waals surface area contributed by atoms with Crippen molar-refractivity contribution in [2.75, 3.05) is 30.5 Å². The van der Waals surface area contributed by atoms with Crippen LogP contribution in [0.3, 0.4) is 0 Å². The second-order valence-corrected chi connectivity index (χ2v) is 9.78. The Hall–Kier alpha value is -4.44. The van der Waals surface area contributed by atoms with Crippen LogP contribution < -0.4 is 18.7 Å². The number of ether oxygens (including phenoxy) is 2. The minimum Gasteiger partial charge on any atom is -0.497 e. The predicted octanol–water partition coefficient (Wildman–Crippen LogP) is 3.88. The molecule has 9 nitrogen and oxygen atoms in total. The van der Waals surface area contributed by atoms with Crippen LogP contribution in [0.1, 0.15) is 20.7 Å². The van der Waals surface area contributed by atoms with Crippen LogP contribution in [-0.4, -0.2) is 46.5 Å². The number of methoxy groups -OCH3 is 2. The molecule has 4 aromatic rings. The molecule has 0 radical (unpaired) electrons. The van der Waals surface area contributed by atoms with E-state index in [0.717, 1.165) is 0 Å². The maximum absolute atomic E-state index is 14.3. The highest BCUT2D eigenvalue weighted by Gasteiger charge is 2.37. The molecule has 0 atom stereocenters. The van der Waals surface area contributed by atoms with Gasteiger partial charge in [0.2, 0.25) is 0 Å². The summed E-state index contributed by atoms with van der Waals surface area (Å²) in [5, 5.41) is 0.848. The fraction of sp³-hybridized carbons (Fsp3) is 0.115. The Kier molecular flexibility index (Phi) is 5.60. The molecule has 1 aliphatic heterocycles. The lowest BCUT2D eigenvalue weighted by molar-refractivity contribution is 0.0993. The molecule has 10 heteroatoms.